The summed E-state index contributed by atoms with van der Waals surface area (Å²) in [4.78, 5) is 4.20. The molecule has 3 heteroatoms. The second-order valence-electron chi connectivity index (χ2n) is 4.38. The number of hydrazine groups is 1. The molecule has 0 aliphatic heterocycles. The first-order valence-electron chi connectivity index (χ1n) is 6.27. The number of hydrogen-bond donors (Lipinski definition) is 2. The highest BCUT2D eigenvalue weighted by atomic mass is 15.2. The van der Waals surface area contributed by atoms with E-state index in [4.69, 9.17) is 5.84 Å². The van der Waals surface area contributed by atoms with Crippen molar-refractivity contribution in [1.29, 1.82) is 0 Å². The molecule has 1 aromatic rings. The maximum absolute atomic E-state index is 5.61. The van der Waals surface area contributed by atoms with Crippen molar-refractivity contribution in [2.75, 3.05) is 0 Å². The van der Waals surface area contributed by atoms with Gasteiger partial charge in [-0.1, -0.05) is 18.9 Å². The molecule has 0 aliphatic carbocycles. The van der Waals surface area contributed by atoms with Crippen LogP contribution in [0.3, 0.4) is 0 Å². The summed E-state index contributed by atoms with van der Waals surface area (Å²) in [6, 6.07) is 4.36. The Bertz CT molecular complexity index is 336. The predicted octanol–water partition coefficient (Wildman–Crippen LogP) is 3.03. The van der Waals surface area contributed by atoms with E-state index in [1.54, 1.807) is 0 Å². The molecule has 3 N–H and O–H groups in total. The molecule has 3 nitrogen and oxygen atoms in total. The van der Waals surface area contributed by atoms with E-state index in [0.717, 1.165) is 18.5 Å². The molecule has 1 atom stereocenters. The zero-order chi connectivity index (χ0) is 12.5. The molecule has 94 valence electrons. The first kappa shape index (κ1) is 13.9. The smallest absolute Gasteiger partial charge is 0.0461 e. The summed E-state index contributed by atoms with van der Waals surface area (Å²) in [6.07, 6.45) is 9.62. The van der Waals surface area contributed by atoms with Crippen molar-refractivity contribution in [1.82, 2.24) is 10.4 Å². The van der Waals surface area contributed by atoms with E-state index in [0.29, 0.717) is 0 Å². The fourth-order valence-electron chi connectivity index (χ4n) is 1.94. The highest BCUT2D eigenvalue weighted by Crippen LogP contribution is 2.19. The summed E-state index contributed by atoms with van der Waals surface area (Å²) < 4.78 is 0. The van der Waals surface area contributed by atoms with E-state index in [2.05, 4.69) is 23.1 Å². The Labute approximate surface area is 104 Å². The summed E-state index contributed by atoms with van der Waals surface area (Å²) in [5.41, 5.74) is 5.15. The molecule has 0 amide bonds. The molecular formula is C14H23N3. The topological polar surface area (TPSA) is 50.9 Å². The van der Waals surface area contributed by atoms with Gasteiger partial charge in [0.1, 0.15) is 0 Å². The molecule has 0 aromatic carbocycles. The van der Waals surface area contributed by atoms with Crippen LogP contribution in [-0.2, 0) is 0 Å². The Morgan fingerprint density at radius 3 is 2.94 bits per heavy atom. The first-order valence-corrected chi connectivity index (χ1v) is 6.27. The predicted molar refractivity (Wildman–Crippen MR) is 72.3 cm³/mol. The molecule has 1 rings (SSSR count). The van der Waals surface area contributed by atoms with Gasteiger partial charge in [0.05, 0.1) is 0 Å². The summed E-state index contributed by atoms with van der Waals surface area (Å²) in [7, 11) is 0. The second-order valence-corrected chi connectivity index (χ2v) is 4.38. The van der Waals surface area contributed by atoms with Crippen molar-refractivity contribution in [3.8, 4) is 0 Å². The van der Waals surface area contributed by atoms with Gasteiger partial charge in [0.15, 0.2) is 0 Å². The third-order valence-corrected chi connectivity index (χ3v) is 2.93. The van der Waals surface area contributed by atoms with Gasteiger partial charge >= 0.3 is 0 Å². The van der Waals surface area contributed by atoms with Crippen LogP contribution in [0.2, 0.25) is 0 Å². The minimum Gasteiger partial charge on any atom is -0.271 e. The van der Waals surface area contributed by atoms with Crippen LogP contribution in [0.15, 0.2) is 31.0 Å². The summed E-state index contributed by atoms with van der Waals surface area (Å²) in [5, 5.41) is 0. The molecule has 0 saturated heterocycles. The Morgan fingerprint density at radius 1 is 1.47 bits per heavy atom. The highest BCUT2D eigenvalue weighted by Gasteiger charge is 2.09. The molecule has 1 heterocycles. The number of allylic oxidation sites excluding steroid dienone is 1. The maximum Gasteiger partial charge on any atom is 0.0461 e. The van der Waals surface area contributed by atoms with Gasteiger partial charge in [-0.25, -0.2) is 0 Å². The number of nitrogens with two attached hydrogens (primary N) is 1. The monoisotopic (exact) mass is 233 g/mol. The Balaban J connectivity index is 2.40. The number of aromatic nitrogens is 1. The minimum atomic E-state index is 0.237. The van der Waals surface area contributed by atoms with Crippen LogP contribution >= 0.6 is 0 Å². The number of unbranched alkanes of at least 4 members (excludes halogenated alkanes) is 3. The van der Waals surface area contributed by atoms with Crippen molar-refractivity contribution in [3.05, 3.63) is 42.2 Å². The van der Waals surface area contributed by atoms with Crippen molar-refractivity contribution in [2.45, 2.75) is 45.1 Å². The minimum absolute atomic E-state index is 0.237. The average Bonchev–Trinajstić information content (AvgIpc) is 2.34. The maximum atomic E-state index is 5.61. The van der Waals surface area contributed by atoms with Crippen molar-refractivity contribution >= 4 is 0 Å². The van der Waals surface area contributed by atoms with Crippen LogP contribution < -0.4 is 11.3 Å². The standard InChI is InChI=1S/C14H23N3/c1-3-4-5-6-7-8-14(17-15)13-9-10-16-12(2)11-13/h3,9-11,14,17H,1,4-8,15H2,2H3. The summed E-state index contributed by atoms with van der Waals surface area (Å²) in [5.74, 6) is 5.61. The van der Waals surface area contributed by atoms with Crippen molar-refractivity contribution in [3.63, 3.8) is 0 Å². The SMILES string of the molecule is C=CCCCCCC(NN)c1ccnc(C)c1. The largest absolute Gasteiger partial charge is 0.271 e. The molecule has 1 unspecified atom stereocenters. The van der Waals surface area contributed by atoms with Gasteiger partial charge in [-0.15, -0.1) is 6.58 Å². The lowest BCUT2D eigenvalue weighted by Gasteiger charge is -2.16. The Morgan fingerprint density at radius 2 is 2.29 bits per heavy atom. The molecule has 0 spiro atoms. The quantitative estimate of drug-likeness (QED) is 0.314. The summed E-state index contributed by atoms with van der Waals surface area (Å²) in [6.45, 7) is 5.73. The fourth-order valence-corrected chi connectivity index (χ4v) is 1.94. The van der Waals surface area contributed by atoms with E-state index in [9.17, 15) is 0 Å². The van der Waals surface area contributed by atoms with Gasteiger partial charge in [-0.3, -0.25) is 16.3 Å². The van der Waals surface area contributed by atoms with E-state index < -0.39 is 0 Å². The summed E-state index contributed by atoms with van der Waals surface area (Å²) >= 11 is 0. The van der Waals surface area contributed by atoms with Crippen LogP contribution in [0.5, 0.6) is 0 Å². The number of aryl methyl sites for hydroxylation is 1. The Hall–Kier alpha value is -1.19. The van der Waals surface area contributed by atoms with Crippen LogP contribution in [-0.4, -0.2) is 4.98 Å². The van der Waals surface area contributed by atoms with E-state index in [1.165, 1.54) is 24.8 Å². The van der Waals surface area contributed by atoms with Gasteiger partial charge in [-0.05, 0) is 43.9 Å². The van der Waals surface area contributed by atoms with E-state index >= 15 is 0 Å². The number of nitrogens with zero attached hydrogens (tertiary/aromatic N) is 1. The highest BCUT2D eigenvalue weighted by molar-refractivity contribution is 5.19. The van der Waals surface area contributed by atoms with E-state index in [-0.39, 0.29) is 6.04 Å². The molecule has 0 bridgehead atoms. The molecule has 1 aromatic heterocycles. The van der Waals surface area contributed by atoms with Crippen LogP contribution in [0.4, 0.5) is 0 Å². The number of hydrogen-bond acceptors (Lipinski definition) is 3. The zero-order valence-corrected chi connectivity index (χ0v) is 10.7. The number of rotatable bonds is 8. The van der Waals surface area contributed by atoms with Gasteiger partial charge < -0.3 is 0 Å². The second kappa shape index (κ2) is 7.98. The van der Waals surface area contributed by atoms with Crippen LogP contribution in [0.1, 0.15) is 49.4 Å². The molecular weight excluding hydrogens is 210 g/mol. The molecule has 0 saturated carbocycles. The molecule has 0 radical (unpaired) electrons. The number of nitrogens with one attached hydrogen (secondary N) is 1. The normalized spacial score (nSPS) is 12.4. The fraction of sp³-hybridized carbons (Fsp3) is 0.500. The van der Waals surface area contributed by atoms with Crippen LogP contribution in [0.25, 0.3) is 0 Å². The third kappa shape index (κ3) is 5.11. The molecule has 17 heavy (non-hydrogen) atoms. The lowest BCUT2D eigenvalue weighted by molar-refractivity contribution is 0.483. The third-order valence-electron chi connectivity index (χ3n) is 2.93. The van der Waals surface area contributed by atoms with Gasteiger partial charge in [-0.2, -0.15) is 0 Å². The van der Waals surface area contributed by atoms with E-state index in [1.807, 2.05) is 25.3 Å². The first-order chi connectivity index (χ1) is 8.27. The lowest BCUT2D eigenvalue weighted by Crippen LogP contribution is -2.28. The average molecular weight is 233 g/mol. The molecule has 0 aliphatic rings. The van der Waals surface area contributed by atoms with Crippen molar-refractivity contribution < 1.29 is 0 Å². The lowest BCUT2D eigenvalue weighted by atomic mass is 10.0. The zero-order valence-electron chi connectivity index (χ0n) is 10.7. The van der Waals surface area contributed by atoms with Crippen LogP contribution in [0, 0.1) is 6.92 Å². The van der Waals surface area contributed by atoms with Gasteiger partial charge in [0.2, 0.25) is 0 Å². The van der Waals surface area contributed by atoms with Gasteiger partial charge in [0, 0.05) is 17.9 Å². The number of pyridine rings is 1. The Kier molecular flexibility index (Phi) is 6.51. The van der Waals surface area contributed by atoms with Crippen molar-refractivity contribution in [2.24, 2.45) is 5.84 Å². The molecule has 0 fully saturated rings. The van der Waals surface area contributed by atoms with Gasteiger partial charge in [0.25, 0.3) is 0 Å².